The van der Waals surface area contributed by atoms with Gasteiger partial charge in [-0.25, -0.2) is 9.97 Å². The highest BCUT2D eigenvalue weighted by Crippen LogP contribution is 2.21. The van der Waals surface area contributed by atoms with Gasteiger partial charge in [-0.3, -0.25) is 4.79 Å². The summed E-state index contributed by atoms with van der Waals surface area (Å²) in [6, 6.07) is 1.92. The topological polar surface area (TPSA) is 81.4 Å². The Bertz CT molecular complexity index is 717. The van der Waals surface area contributed by atoms with Crippen molar-refractivity contribution >= 4 is 5.91 Å². The minimum Gasteiger partial charge on any atom is -0.367 e. The molecule has 0 saturated carbocycles. The molecule has 1 amide bonds. The zero-order chi connectivity index (χ0) is 17.3. The van der Waals surface area contributed by atoms with Crippen LogP contribution in [0.3, 0.4) is 0 Å². The van der Waals surface area contributed by atoms with Crippen LogP contribution in [-0.4, -0.2) is 45.6 Å². The van der Waals surface area contributed by atoms with Crippen molar-refractivity contribution in [3.8, 4) is 0 Å². The number of carbonyl (C=O) groups excluding carboxylic acids is 1. The summed E-state index contributed by atoms with van der Waals surface area (Å²) in [7, 11) is 0. The summed E-state index contributed by atoms with van der Waals surface area (Å²) >= 11 is 0. The van der Waals surface area contributed by atoms with E-state index in [9.17, 15) is 4.79 Å². The van der Waals surface area contributed by atoms with Gasteiger partial charge in [-0.2, -0.15) is 0 Å². The number of nitrogens with zero attached hydrogens (tertiary/aromatic N) is 4. The van der Waals surface area contributed by atoms with E-state index in [1.54, 1.807) is 4.90 Å². The zero-order valence-electron chi connectivity index (χ0n) is 14.5. The van der Waals surface area contributed by atoms with Gasteiger partial charge in [-0.1, -0.05) is 5.16 Å². The van der Waals surface area contributed by atoms with Crippen molar-refractivity contribution in [1.82, 2.24) is 20.0 Å². The van der Waals surface area contributed by atoms with Gasteiger partial charge in [0.25, 0.3) is 0 Å². The first-order chi connectivity index (χ1) is 11.4. The lowest BCUT2D eigenvalue weighted by Crippen LogP contribution is -2.43. The lowest BCUT2D eigenvalue weighted by molar-refractivity contribution is -0.138. The highest BCUT2D eigenvalue weighted by Gasteiger charge is 2.28. The Hall–Kier alpha value is -2.28. The predicted molar refractivity (Wildman–Crippen MR) is 86.5 cm³/mol. The van der Waals surface area contributed by atoms with Crippen LogP contribution in [0.25, 0.3) is 0 Å². The van der Waals surface area contributed by atoms with Crippen molar-refractivity contribution in [2.24, 2.45) is 0 Å². The molecule has 0 spiro atoms. The van der Waals surface area contributed by atoms with Crippen LogP contribution in [0.15, 0.2) is 10.6 Å². The Kier molecular flexibility index (Phi) is 4.62. The fraction of sp³-hybridized carbons (Fsp3) is 0.529. The molecule has 0 N–H and O–H groups in total. The first-order valence-corrected chi connectivity index (χ1v) is 8.07. The molecule has 24 heavy (non-hydrogen) atoms. The summed E-state index contributed by atoms with van der Waals surface area (Å²) in [4.78, 5) is 23.4. The van der Waals surface area contributed by atoms with E-state index in [0.717, 1.165) is 22.6 Å². The number of hydrogen-bond acceptors (Lipinski definition) is 6. The van der Waals surface area contributed by atoms with E-state index in [2.05, 4.69) is 15.1 Å². The normalized spacial score (nSPS) is 18.0. The van der Waals surface area contributed by atoms with Crippen LogP contribution in [0.2, 0.25) is 0 Å². The summed E-state index contributed by atoms with van der Waals surface area (Å²) in [5.74, 6) is 1.38. The van der Waals surface area contributed by atoms with Crippen LogP contribution < -0.4 is 0 Å². The van der Waals surface area contributed by atoms with Crippen LogP contribution >= 0.6 is 0 Å². The first-order valence-electron chi connectivity index (χ1n) is 8.07. The molecule has 1 atom stereocenters. The van der Waals surface area contributed by atoms with Crippen molar-refractivity contribution in [2.45, 2.75) is 40.2 Å². The molecule has 3 rings (SSSR count). The fourth-order valence-electron chi connectivity index (χ4n) is 2.95. The molecule has 0 aliphatic carbocycles. The maximum atomic E-state index is 12.6. The third kappa shape index (κ3) is 3.46. The molecular formula is C17H22N4O3. The second kappa shape index (κ2) is 6.68. The van der Waals surface area contributed by atoms with Gasteiger partial charge in [-0.05, 0) is 33.8 Å². The van der Waals surface area contributed by atoms with Gasteiger partial charge >= 0.3 is 0 Å². The van der Waals surface area contributed by atoms with Gasteiger partial charge in [0.05, 0.1) is 25.3 Å². The van der Waals surface area contributed by atoms with E-state index in [1.165, 1.54) is 0 Å². The highest BCUT2D eigenvalue weighted by molar-refractivity contribution is 5.79. The van der Waals surface area contributed by atoms with Crippen LogP contribution in [0, 0.1) is 27.7 Å². The van der Waals surface area contributed by atoms with Crippen LogP contribution in [-0.2, 0) is 16.0 Å². The van der Waals surface area contributed by atoms with Crippen molar-refractivity contribution < 1.29 is 14.1 Å². The number of aromatic nitrogens is 3. The van der Waals surface area contributed by atoms with E-state index in [1.807, 2.05) is 33.8 Å². The Morgan fingerprint density at radius 3 is 2.58 bits per heavy atom. The lowest BCUT2D eigenvalue weighted by atomic mass is 10.1. The van der Waals surface area contributed by atoms with E-state index in [4.69, 9.17) is 9.26 Å². The molecular weight excluding hydrogens is 308 g/mol. The van der Waals surface area contributed by atoms with Gasteiger partial charge < -0.3 is 14.2 Å². The number of hydrogen-bond donors (Lipinski definition) is 0. The lowest BCUT2D eigenvalue weighted by Gasteiger charge is -2.32. The summed E-state index contributed by atoms with van der Waals surface area (Å²) in [5.41, 5.74) is 3.44. The van der Waals surface area contributed by atoms with E-state index < -0.39 is 0 Å². The minimum atomic E-state index is -0.286. The number of rotatable bonds is 3. The summed E-state index contributed by atoms with van der Waals surface area (Å²) in [6.07, 6.45) is 0.00710. The highest BCUT2D eigenvalue weighted by atomic mass is 16.5. The maximum Gasteiger partial charge on any atom is 0.227 e. The average molecular weight is 330 g/mol. The molecule has 1 aliphatic heterocycles. The van der Waals surface area contributed by atoms with E-state index in [-0.39, 0.29) is 12.0 Å². The predicted octanol–water partition coefficient (Wildman–Crippen LogP) is 1.84. The van der Waals surface area contributed by atoms with Crippen molar-refractivity contribution in [3.63, 3.8) is 0 Å². The average Bonchev–Trinajstić information content (AvgIpc) is 2.86. The van der Waals surface area contributed by atoms with Gasteiger partial charge in [0.15, 0.2) is 5.82 Å². The molecule has 0 aromatic carbocycles. The summed E-state index contributed by atoms with van der Waals surface area (Å²) in [5, 5.41) is 3.91. The molecule has 1 saturated heterocycles. The third-order valence-electron chi connectivity index (χ3n) is 4.22. The third-order valence-corrected chi connectivity index (χ3v) is 4.22. The molecule has 1 aliphatic rings. The van der Waals surface area contributed by atoms with Gasteiger partial charge in [0, 0.05) is 23.5 Å². The fourth-order valence-corrected chi connectivity index (χ4v) is 2.95. The Balaban J connectivity index is 1.72. The maximum absolute atomic E-state index is 12.6. The van der Waals surface area contributed by atoms with Gasteiger partial charge in [0.1, 0.15) is 11.9 Å². The van der Waals surface area contributed by atoms with Crippen LogP contribution in [0.4, 0.5) is 0 Å². The zero-order valence-corrected chi connectivity index (χ0v) is 14.5. The SMILES string of the molecule is Cc1cc(C)nc([C@@H]2CN(C(=O)Cc3c(C)noc3C)CCO2)n1. The molecule has 2 aromatic rings. The quantitative estimate of drug-likeness (QED) is 0.854. The Labute approximate surface area is 141 Å². The number of carbonyl (C=O) groups is 1. The van der Waals surface area contributed by atoms with Crippen molar-refractivity contribution in [2.75, 3.05) is 19.7 Å². The molecule has 3 heterocycles. The number of aryl methyl sites for hydroxylation is 4. The number of amides is 1. The molecule has 0 unspecified atom stereocenters. The second-order valence-electron chi connectivity index (χ2n) is 6.19. The van der Waals surface area contributed by atoms with Gasteiger partial charge in [0.2, 0.25) is 5.91 Å². The molecule has 0 bridgehead atoms. The summed E-state index contributed by atoms with van der Waals surface area (Å²) in [6.45, 7) is 9.06. The standard InChI is InChI=1S/C17H22N4O3/c1-10-7-11(2)19-17(18-10)15-9-21(5-6-23-15)16(22)8-14-12(3)20-24-13(14)4/h7,15H,5-6,8-9H2,1-4H3/t15-/m0/s1. The smallest absolute Gasteiger partial charge is 0.227 e. The molecule has 128 valence electrons. The molecule has 7 heteroatoms. The van der Waals surface area contributed by atoms with Gasteiger partial charge in [-0.15, -0.1) is 0 Å². The van der Waals surface area contributed by atoms with Crippen LogP contribution in [0.1, 0.15) is 40.3 Å². The minimum absolute atomic E-state index is 0.0436. The Morgan fingerprint density at radius 1 is 1.25 bits per heavy atom. The molecule has 2 aromatic heterocycles. The summed E-state index contributed by atoms with van der Waals surface area (Å²) < 4.78 is 10.9. The second-order valence-corrected chi connectivity index (χ2v) is 6.19. The first kappa shape index (κ1) is 16.6. The van der Waals surface area contributed by atoms with Crippen molar-refractivity contribution in [3.05, 3.63) is 40.3 Å². The monoisotopic (exact) mass is 330 g/mol. The largest absolute Gasteiger partial charge is 0.367 e. The number of morpholine rings is 1. The van der Waals surface area contributed by atoms with E-state index in [0.29, 0.717) is 37.7 Å². The van der Waals surface area contributed by atoms with E-state index >= 15 is 0 Å². The van der Waals surface area contributed by atoms with Crippen LogP contribution in [0.5, 0.6) is 0 Å². The number of ether oxygens (including phenoxy) is 1. The molecule has 0 radical (unpaired) electrons. The molecule has 7 nitrogen and oxygen atoms in total. The Morgan fingerprint density at radius 2 is 1.96 bits per heavy atom. The van der Waals surface area contributed by atoms with Crippen molar-refractivity contribution in [1.29, 1.82) is 0 Å². The molecule has 1 fully saturated rings.